The highest BCUT2D eigenvalue weighted by Gasteiger charge is 2.15. The van der Waals surface area contributed by atoms with E-state index in [2.05, 4.69) is 10.3 Å². The molecule has 3 heterocycles. The van der Waals surface area contributed by atoms with Crippen LogP contribution >= 0.6 is 0 Å². The SMILES string of the molecule is Cn1c(=O)c2cc(C(=O)NCc3ccc4c(c3)OCCO4)cnc2n(C)c1=O. The van der Waals surface area contributed by atoms with Crippen molar-refractivity contribution in [3.05, 3.63) is 62.4 Å². The maximum Gasteiger partial charge on any atom is 0.332 e. The van der Waals surface area contributed by atoms with Gasteiger partial charge >= 0.3 is 5.69 Å². The molecule has 144 valence electrons. The molecule has 0 saturated carbocycles. The molecule has 28 heavy (non-hydrogen) atoms. The zero-order valence-electron chi connectivity index (χ0n) is 15.4. The van der Waals surface area contributed by atoms with Gasteiger partial charge in [0.25, 0.3) is 11.5 Å². The molecule has 0 spiro atoms. The standard InChI is InChI=1S/C19H18N4O5/c1-22-16-13(18(25)23(2)19(22)26)8-12(10-20-16)17(24)21-9-11-3-4-14-15(7-11)28-6-5-27-14/h3-4,7-8,10H,5-6,9H2,1-2H3,(H,21,24). The van der Waals surface area contributed by atoms with Crippen molar-refractivity contribution in [1.82, 2.24) is 19.4 Å². The largest absolute Gasteiger partial charge is 0.486 e. The predicted octanol–water partition coefficient (Wildman–Crippen LogP) is 0.333. The fraction of sp³-hybridized carbons (Fsp3) is 0.263. The first-order valence-corrected chi connectivity index (χ1v) is 8.68. The number of benzene rings is 1. The average molecular weight is 382 g/mol. The molecular formula is C19H18N4O5. The fourth-order valence-corrected chi connectivity index (χ4v) is 3.07. The van der Waals surface area contributed by atoms with Crippen molar-refractivity contribution < 1.29 is 14.3 Å². The minimum absolute atomic E-state index is 0.205. The number of aromatic nitrogens is 3. The molecule has 1 aromatic carbocycles. The first-order chi connectivity index (χ1) is 13.5. The molecular weight excluding hydrogens is 364 g/mol. The Labute approximate surface area is 159 Å². The first-order valence-electron chi connectivity index (χ1n) is 8.68. The van der Waals surface area contributed by atoms with E-state index in [-0.39, 0.29) is 29.0 Å². The number of nitrogens with zero attached hydrogens (tertiary/aromatic N) is 3. The summed E-state index contributed by atoms with van der Waals surface area (Å²) in [7, 11) is 2.91. The molecule has 9 nitrogen and oxygen atoms in total. The molecule has 2 aromatic heterocycles. The summed E-state index contributed by atoms with van der Waals surface area (Å²) < 4.78 is 13.3. The van der Waals surface area contributed by atoms with E-state index in [1.165, 1.54) is 30.9 Å². The van der Waals surface area contributed by atoms with Crippen LogP contribution in [0.4, 0.5) is 0 Å². The maximum atomic E-state index is 12.5. The summed E-state index contributed by atoms with van der Waals surface area (Å²) >= 11 is 0. The zero-order valence-corrected chi connectivity index (χ0v) is 15.4. The third kappa shape index (κ3) is 3.00. The van der Waals surface area contributed by atoms with Gasteiger partial charge in [-0.05, 0) is 23.8 Å². The molecule has 9 heteroatoms. The summed E-state index contributed by atoms with van der Waals surface area (Å²) in [6.45, 7) is 1.28. The highest BCUT2D eigenvalue weighted by Crippen LogP contribution is 2.30. The normalized spacial score (nSPS) is 12.8. The van der Waals surface area contributed by atoms with E-state index in [1.54, 1.807) is 6.07 Å². The number of carbonyl (C=O) groups is 1. The molecule has 1 amide bonds. The minimum Gasteiger partial charge on any atom is -0.486 e. The van der Waals surface area contributed by atoms with Crippen molar-refractivity contribution in [3.63, 3.8) is 0 Å². The van der Waals surface area contributed by atoms with E-state index in [4.69, 9.17) is 9.47 Å². The number of hydrogen-bond acceptors (Lipinski definition) is 6. The quantitative estimate of drug-likeness (QED) is 0.700. The summed E-state index contributed by atoms with van der Waals surface area (Å²) in [6.07, 6.45) is 1.35. The molecule has 0 unspecified atom stereocenters. The number of rotatable bonds is 3. The van der Waals surface area contributed by atoms with Crippen LogP contribution in [0.1, 0.15) is 15.9 Å². The summed E-state index contributed by atoms with van der Waals surface area (Å²) in [4.78, 5) is 41.0. The maximum absolute atomic E-state index is 12.5. The van der Waals surface area contributed by atoms with E-state index in [9.17, 15) is 14.4 Å². The number of aryl methyl sites for hydroxylation is 1. The lowest BCUT2D eigenvalue weighted by Crippen LogP contribution is -2.37. The van der Waals surface area contributed by atoms with E-state index in [0.29, 0.717) is 24.7 Å². The molecule has 0 saturated heterocycles. The number of amides is 1. The lowest BCUT2D eigenvalue weighted by molar-refractivity contribution is 0.0950. The van der Waals surface area contributed by atoms with Gasteiger partial charge < -0.3 is 14.8 Å². The Morgan fingerprint density at radius 1 is 1.11 bits per heavy atom. The summed E-state index contributed by atoms with van der Waals surface area (Å²) in [5.41, 5.74) is 0.356. The van der Waals surface area contributed by atoms with E-state index >= 15 is 0 Å². The Morgan fingerprint density at radius 2 is 1.86 bits per heavy atom. The van der Waals surface area contributed by atoms with Gasteiger partial charge in [-0.25, -0.2) is 9.78 Å². The predicted molar refractivity (Wildman–Crippen MR) is 101 cm³/mol. The van der Waals surface area contributed by atoms with Crippen LogP contribution in [0.15, 0.2) is 40.1 Å². The lowest BCUT2D eigenvalue weighted by atomic mass is 10.1. The van der Waals surface area contributed by atoms with Crippen LogP contribution in [0.25, 0.3) is 11.0 Å². The van der Waals surface area contributed by atoms with Crippen molar-refractivity contribution in [1.29, 1.82) is 0 Å². The van der Waals surface area contributed by atoms with E-state index in [0.717, 1.165) is 10.1 Å². The van der Waals surface area contributed by atoms with Crippen LogP contribution in [0.5, 0.6) is 11.5 Å². The summed E-state index contributed by atoms with van der Waals surface area (Å²) in [5, 5.41) is 3.00. The molecule has 1 aliphatic heterocycles. The number of pyridine rings is 1. The van der Waals surface area contributed by atoms with Crippen LogP contribution < -0.4 is 26.0 Å². The Morgan fingerprint density at radius 3 is 2.64 bits per heavy atom. The smallest absolute Gasteiger partial charge is 0.332 e. The van der Waals surface area contributed by atoms with Gasteiger partial charge in [0.1, 0.15) is 18.9 Å². The van der Waals surface area contributed by atoms with Gasteiger partial charge in [0.15, 0.2) is 11.5 Å². The number of ether oxygens (including phenoxy) is 2. The minimum atomic E-state index is -0.493. The Kier molecular flexibility index (Phi) is 4.34. The summed E-state index contributed by atoms with van der Waals surface area (Å²) in [6, 6.07) is 6.91. The van der Waals surface area contributed by atoms with Gasteiger partial charge in [-0.1, -0.05) is 6.07 Å². The third-order valence-corrected chi connectivity index (χ3v) is 4.62. The Balaban J connectivity index is 1.58. The Hall–Kier alpha value is -3.62. The van der Waals surface area contributed by atoms with Crippen LogP contribution in [-0.2, 0) is 20.6 Å². The number of fused-ring (bicyclic) bond motifs is 2. The monoisotopic (exact) mass is 382 g/mol. The second kappa shape index (κ2) is 6.84. The number of carbonyl (C=O) groups excluding carboxylic acids is 1. The van der Waals surface area contributed by atoms with Gasteiger partial charge in [0, 0.05) is 26.8 Å². The lowest BCUT2D eigenvalue weighted by Gasteiger charge is -2.19. The molecule has 1 aliphatic rings. The first kappa shape index (κ1) is 17.8. The molecule has 0 aliphatic carbocycles. The van der Waals surface area contributed by atoms with Gasteiger partial charge in [-0.3, -0.25) is 18.7 Å². The second-order valence-electron chi connectivity index (χ2n) is 6.46. The zero-order chi connectivity index (χ0) is 19.8. The highest BCUT2D eigenvalue weighted by atomic mass is 16.6. The van der Waals surface area contributed by atoms with Gasteiger partial charge in [0.2, 0.25) is 0 Å². The summed E-state index contributed by atoms with van der Waals surface area (Å²) in [5.74, 6) is 0.955. The van der Waals surface area contributed by atoms with Crippen molar-refractivity contribution in [2.75, 3.05) is 13.2 Å². The van der Waals surface area contributed by atoms with Crippen molar-refractivity contribution in [3.8, 4) is 11.5 Å². The highest BCUT2D eigenvalue weighted by molar-refractivity contribution is 5.96. The van der Waals surface area contributed by atoms with Gasteiger partial charge in [-0.15, -0.1) is 0 Å². The van der Waals surface area contributed by atoms with Crippen molar-refractivity contribution >= 4 is 16.9 Å². The topological polar surface area (TPSA) is 104 Å². The molecule has 4 rings (SSSR count). The Bertz CT molecular complexity index is 1210. The molecule has 1 N–H and O–H groups in total. The van der Waals surface area contributed by atoms with Crippen molar-refractivity contribution in [2.45, 2.75) is 6.54 Å². The number of nitrogens with one attached hydrogen (secondary N) is 1. The van der Waals surface area contributed by atoms with E-state index < -0.39 is 11.2 Å². The molecule has 3 aromatic rings. The van der Waals surface area contributed by atoms with E-state index in [1.807, 2.05) is 12.1 Å². The van der Waals surface area contributed by atoms with Crippen LogP contribution in [0, 0.1) is 0 Å². The van der Waals surface area contributed by atoms with Crippen LogP contribution in [0.3, 0.4) is 0 Å². The third-order valence-electron chi connectivity index (χ3n) is 4.62. The molecule has 0 fully saturated rings. The molecule has 0 bridgehead atoms. The number of hydrogen-bond donors (Lipinski definition) is 1. The van der Waals surface area contributed by atoms with Gasteiger partial charge in [-0.2, -0.15) is 0 Å². The molecule has 0 radical (unpaired) electrons. The second-order valence-corrected chi connectivity index (χ2v) is 6.46. The van der Waals surface area contributed by atoms with Crippen LogP contribution in [-0.4, -0.2) is 33.2 Å². The van der Waals surface area contributed by atoms with Crippen molar-refractivity contribution in [2.24, 2.45) is 14.1 Å². The van der Waals surface area contributed by atoms with Crippen LogP contribution in [0.2, 0.25) is 0 Å². The van der Waals surface area contributed by atoms with Gasteiger partial charge in [0.05, 0.1) is 10.9 Å². The molecule has 0 atom stereocenters. The average Bonchev–Trinajstić information content (AvgIpc) is 2.74. The fourth-order valence-electron chi connectivity index (χ4n) is 3.07.